The Bertz CT molecular complexity index is 361. The SMILES string of the molecule is C#CCN1C(=O)C(C)(C)S1(=O)=O. The second-order valence-electron chi connectivity index (χ2n) is 3.03. The fourth-order valence-corrected chi connectivity index (χ4v) is 2.44. The fourth-order valence-electron chi connectivity index (χ4n) is 0.996. The molecule has 0 aromatic heterocycles. The quantitative estimate of drug-likeness (QED) is 0.523. The standard InChI is InChI=1S/C7H9NO3S/c1-4-5-8-6(9)7(2,3)12(8,10)11/h1H,5H2,2-3H3. The Morgan fingerprint density at radius 1 is 1.58 bits per heavy atom. The average Bonchev–Trinajstić information content (AvgIpc) is 1.98. The molecule has 0 bridgehead atoms. The van der Waals surface area contributed by atoms with Gasteiger partial charge in [-0.3, -0.25) is 4.79 Å². The summed E-state index contributed by atoms with van der Waals surface area (Å²) in [6.07, 6.45) is 4.90. The highest BCUT2D eigenvalue weighted by Crippen LogP contribution is 2.33. The molecular weight excluding hydrogens is 178 g/mol. The lowest BCUT2D eigenvalue weighted by atomic mass is 10.2. The van der Waals surface area contributed by atoms with Crippen LogP contribution in [0.2, 0.25) is 0 Å². The largest absolute Gasteiger partial charge is 0.272 e. The van der Waals surface area contributed by atoms with E-state index in [0.717, 1.165) is 0 Å². The van der Waals surface area contributed by atoms with Gasteiger partial charge in [-0.25, -0.2) is 12.7 Å². The number of hydrogen-bond donors (Lipinski definition) is 0. The highest BCUT2D eigenvalue weighted by Gasteiger charge is 2.59. The summed E-state index contributed by atoms with van der Waals surface area (Å²) in [4.78, 5) is 11.1. The van der Waals surface area contributed by atoms with Gasteiger partial charge in [0.1, 0.15) is 0 Å². The molecule has 4 nitrogen and oxygen atoms in total. The van der Waals surface area contributed by atoms with E-state index < -0.39 is 20.7 Å². The van der Waals surface area contributed by atoms with Crippen molar-refractivity contribution in [3.05, 3.63) is 0 Å². The van der Waals surface area contributed by atoms with Crippen LogP contribution >= 0.6 is 0 Å². The number of terminal acetylenes is 1. The molecule has 0 saturated carbocycles. The van der Waals surface area contributed by atoms with Crippen LogP contribution in [0.1, 0.15) is 13.8 Å². The molecule has 0 aromatic carbocycles. The predicted octanol–water partition coefficient (Wildman–Crippen LogP) is -0.430. The lowest BCUT2D eigenvalue weighted by Gasteiger charge is -2.41. The first kappa shape index (κ1) is 9.07. The van der Waals surface area contributed by atoms with E-state index in [-0.39, 0.29) is 6.54 Å². The molecule has 1 fully saturated rings. The van der Waals surface area contributed by atoms with Gasteiger partial charge in [0, 0.05) is 0 Å². The van der Waals surface area contributed by atoms with Gasteiger partial charge in [-0.2, -0.15) is 0 Å². The van der Waals surface area contributed by atoms with Crippen LogP contribution in [0.3, 0.4) is 0 Å². The Labute approximate surface area is 71.6 Å². The lowest BCUT2D eigenvalue weighted by molar-refractivity contribution is -0.131. The molecule has 12 heavy (non-hydrogen) atoms. The minimum Gasteiger partial charge on any atom is -0.272 e. The van der Waals surface area contributed by atoms with E-state index >= 15 is 0 Å². The van der Waals surface area contributed by atoms with Crippen molar-refractivity contribution in [2.45, 2.75) is 18.6 Å². The molecule has 0 radical (unpaired) electrons. The number of amides is 1. The van der Waals surface area contributed by atoms with Gasteiger partial charge < -0.3 is 0 Å². The highest BCUT2D eigenvalue weighted by atomic mass is 32.2. The van der Waals surface area contributed by atoms with Crippen molar-refractivity contribution in [3.8, 4) is 12.3 Å². The number of carbonyl (C=O) groups is 1. The van der Waals surface area contributed by atoms with Crippen molar-refractivity contribution in [1.29, 1.82) is 0 Å². The Kier molecular flexibility index (Phi) is 1.69. The molecule has 0 N–H and O–H groups in total. The first-order valence-electron chi connectivity index (χ1n) is 3.36. The minimum atomic E-state index is -3.47. The maximum atomic E-state index is 11.3. The summed E-state index contributed by atoms with van der Waals surface area (Å²) in [7, 11) is -3.47. The number of hydrogen-bond acceptors (Lipinski definition) is 3. The third-order valence-corrected chi connectivity index (χ3v) is 4.25. The van der Waals surface area contributed by atoms with E-state index in [1.807, 2.05) is 0 Å². The Morgan fingerprint density at radius 2 is 2.08 bits per heavy atom. The van der Waals surface area contributed by atoms with Gasteiger partial charge in [0.05, 0.1) is 6.54 Å². The van der Waals surface area contributed by atoms with E-state index in [4.69, 9.17) is 6.42 Å². The van der Waals surface area contributed by atoms with Crippen molar-refractivity contribution in [2.24, 2.45) is 0 Å². The molecule has 1 amide bonds. The monoisotopic (exact) mass is 187 g/mol. The van der Waals surface area contributed by atoms with Gasteiger partial charge in [-0.05, 0) is 13.8 Å². The van der Waals surface area contributed by atoms with Crippen LogP contribution in [-0.4, -0.2) is 29.9 Å². The fraction of sp³-hybridized carbons (Fsp3) is 0.571. The number of sulfonamides is 1. The Hall–Kier alpha value is -1.02. The molecule has 0 spiro atoms. The Balaban J connectivity index is 3.03. The van der Waals surface area contributed by atoms with E-state index in [9.17, 15) is 13.2 Å². The molecule has 0 atom stereocenters. The average molecular weight is 187 g/mol. The third-order valence-electron chi connectivity index (χ3n) is 1.91. The highest BCUT2D eigenvalue weighted by molar-refractivity contribution is 7.94. The van der Waals surface area contributed by atoms with Crippen molar-refractivity contribution >= 4 is 15.9 Å². The smallest absolute Gasteiger partial charge is 0.259 e. The molecule has 0 aromatic rings. The van der Waals surface area contributed by atoms with Crippen LogP contribution in [0.5, 0.6) is 0 Å². The van der Waals surface area contributed by atoms with Crippen LogP contribution in [0.4, 0.5) is 0 Å². The minimum absolute atomic E-state index is 0.162. The van der Waals surface area contributed by atoms with Gasteiger partial charge >= 0.3 is 0 Å². The summed E-state index contributed by atoms with van der Waals surface area (Å²) in [5.74, 6) is 1.69. The number of carbonyl (C=O) groups excluding carboxylic acids is 1. The lowest BCUT2D eigenvalue weighted by Crippen LogP contribution is -2.67. The van der Waals surface area contributed by atoms with Crippen molar-refractivity contribution in [2.75, 3.05) is 6.54 Å². The van der Waals surface area contributed by atoms with Crippen LogP contribution in [0.25, 0.3) is 0 Å². The summed E-state index contributed by atoms with van der Waals surface area (Å²) >= 11 is 0. The maximum Gasteiger partial charge on any atom is 0.259 e. The summed E-state index contributed by atoms with van der Waals surface area (Å²) < 4.78 is 22.0. The van der Waals surface area contributed by atoms with E-state index in [0.29, 0.717) is 4.31 Å². The molecule has 66 valence electrons. The first-order valence-corrected chi connectivity index (χ1v) is 4.80. The van der Waals surface area contributed by atoms with Gasteiger partial charge in [-0.1, -0.05) is 5.92 Å². The van der Waals surface area contributed by atoms with Crippen LogP contribution in [0, 0.1) is 12.3 Å². The summed E-state index contributed by atoms with van der Waals surface area (Å²) in [5.41, 5.74) is 0. The molecule has 1 heterocycles. The van der Waals surface area contributed by atoms with E-state index in [2.05, 4.69) is 5.92 Å². The summed E-state index contributed by atoms with van der Waals surface area (Å²) in [5, 5.41) is 0. The zero-order chi connectivity index (χ0) is 9.57. The molecule has 1 saturated heterocycles. The van der Waals surface area contributed by atoms with Gasteiger partial charge in [-0.15, -0.1) is 6.42 Å². The number of rotatable bonds is 1. The summed E-state index contributed by atoms with van der Waals surface area (Å²) in [6.45, 7) is 2.58. The van der Waals surface area contributed by atoms with Crippen molar-refractivity contribution < 1.29 is 13.2 Å². The van der Waals surface area contributed by atoms with Crippen LogP contribution < -0.4 is 0 Å². The van der Waals surface area contributed by atoms with Crippen LogP contribution in [-0.2, 0) is 14.8 Å². The number of nitrogens with zero attached hydrogens (tertiary/aromatic N) is 1. The topological polar surface area (TPSA) is 54.5 Å². The third kappa shape index (κ3) is 0.786. The molecule has 1 aliphatic heterocycles. The zero-order valence-electron chi connectivity index (χ0n) is 6.86. The van der Waals surface area contributed by atoms with Crippen LogP contribution in [0.15, 0.2) is 0 Å². The zero-order valence-corrected chi connectivity index (χ0v) is 7.68. The van der Waals surface area contributed by atoms with Gasteiger partial charge in [0.25, 0.3) is 15.9 Å². The molecule has 1 rings (SSSR count). The second kappa shape index (κ2) is 2.23. The molecular formula is C7H9NO3S. The van der Waals surface area contributed by atoms with Gasteiger partial charge in [0.2, 0.25) is 0 Å². The van der Waals surface area contributed by atoms with Crippen molar-refractivity contribution in [1.82, 2.24) is 4.31 Å². The normalized spacial score (nSPS) is 24.4. The second-order valence-corrected chi connectivity index (χ2v) is 5.44. The molecule has 1 aliphatic rings. The van der Waals surface area contributed by atoms with Crippen molar-refractivity contribution in [3.63, 3.8) is 0 Å². The predicted molar refractivity (Wildman–Crippen MR) is 43.5 cm³/mol. The Morgan fingerprint density at radius 3 is 2.42 bits per heavy atom. The molecule has 5 heteroatoms. The first-order chi connectivity index (χ1) is 5.35. The maximum absolute atomic E-state index is 11.3. The van der Waals surface area contributed by atoms with E-state index in [1.165, 1.54) is 13.8 Å². The van der Waals surface area contributed by atoms with Gasteiger partial charge in [0.15, 0.2) is 4.75 Å². The van der Waals surface area contributed by atoms with E-state index in [1.54, 1.807) is 0 Å². The molecule has 0 aliphatic carbocycles. The molecule has 0 unspecified atom stereocenters. The summed E-state index contributed by atoms with van der Waals surface area (Å²) in [6, 6.07) is 0.